The molecule has 0 aliphatic heterocycles. The summed E-state index contributed by atoms with van der Waals surface area (Å²) in [6.45, 7) is 3.67. The molecular formula is C23H31N3O5S. The van der Waals surface area contributed by atoms with E-state index in [1.807, 2.05) is 37.3 Å². The van der Waals surface area contributed by atoms with Crippen LogP contribution in [0.25, 0.3) is 0 Å². The molecule has 2 rings (SSSR count). The lowest BCUT2D eigenvalue weighted by Gasteiger charge is -2.32. The van der Waals surface area contributed by atoms with Crippen molar-refractivity contribution >= 4 is 27.5 Å². The highest BCUT2D eigenvalue weighted by molar-refractivity contribution is 7.92. The van der Waals surface area contributed by atoms with Gasteiger partial charge in [0.2, 0.25) is 21.8 Å². The van der Waals surface area contributed by atoms with Crippen molar-refractivity contribution in [3.63, 3.8) is 0 Å². The molecular weight excluding hydrogens is 430 g/mol. The van der Waals surface area contributed by atoms with Crippen molar-refractivity contribution < 1.29 is 22.7 Å². The summed E-state index contributed by atoms with van der Waals surface area (Å²) in [6.07, 6.45) is 1.42. The number of benzene rings is 2. The number of amides is 2. The quantitative estimate of drug-likeness (QED) is 0.554. The molecule has 2 amide bonds. The van der Waals surface area contributed by atoms with Crippen molar-refractivity contribution in [3.05, 3.63) is 60.2 Å². The van der Waals surface area contributed by atoms with E-state index in [0.717, 1.165) is 16.1 Å². The van der Waals surface area contributed by atoms with Crippen LogP contribution in [0, 0.1) is 0 Å². The van der Waals surface area contributed by atoms with E-state index in [2.05, 4.69) is 5.32 Å². The van der Waals surface area contributed by atoms with Gasteiger partial charge in [0, 0.05) is 13.6 Å². The lowest BCUT2D eigenvalue weighted by Crippen LogP contribution is -2.51. The smallest absolute Gasteiger partial charge is 0.244 e. The van der Waals surface area contributed by atoms with E-state index < -0.39 is 28.5 Å². The second-order valence-corrected chi connectivity index (χ2v) is 9.12. The minimum Gasteiger partial charge on any atom is -0.492 e. The average Bonchev–Trinajstić information content (AvgIpc) is 2.77. The monoisotopic (exact) mass is 461 g/mol. The number of anilines is 1. The number of para-hydroxylation sites is 2. The van der Waals surface area contributed by atoms with Gasteiger partial charge in [-0.2, -0.15) is 0 Å². The number of nitrogens with zero attached hydrogens (tertiary/aromatic N) is 2. The Balaban J connectivity index is 2.45. The van der Waals surface area contributed by atoms with Crippen LogP contribution < -0.4 is 14.4 Å². The van der Waals surface area contributed by atoms with Gasteiger partial charge in [-0.25, -0.2) is 8.42 Å². The van der Waals surface area contributed by atoms with Crippen molar-refractivity contribution in [2.24, 2.45) is 0 Å². The van der Waals surface area contributed by atoms with Crippen LogP contribution in [-0.4, -0.2) is 57.6 Å². The van der Waals surface area contributed by atoms with E-state index in [1.54, 1.807) is 31.2 Å². The number of sulfonamides is 1. The van der Waals surface area contributed by atoms with Crippen molar-refractivity contribution in [1.82, 2.24) is 10.2 Å². The maximum atomic E-state index is 13.5. The molecule has 0 bridgehead atoms. The first kappa shape index (κ1) is 25.2. The molecule has 0 aromatic heterocycles. The van der Waals surface area contributed by atoms with E-state index >= 15 is 0 Å². The first-order valence-corrected chi connectivity index (χ1v) is 12.3. The van der Waals surface area contributed by atoms with Crippen LogP contribution in [-0.2, 0) is 26.2 Å². The fraction of sp³-hybridized carbons (Fsp3) is 0.391. The van der Waals surface area contributed by atoms with Gasteiger partial charge in [-0.05, 0) is 31.0 Å². The summed E-state index contributed by atoms with van der Waals surface area (Å²) in [7, 11) is -2.30. The molecule has 9 heteroatoms. The van der Waals surface area contributed by atoms with E-state index in [9.17, 15) is 18.0 Å². The topological polar surface area (TPSA) is 96.0 Å². The number of nitrogens with one attached hydrogen (secondary N) is 1. The number of hydrogen-bond acceptors (Lipinski definition) is 5. The fourth-order valence-electron chi connectivity index (χ4n) is 3.40. The zero-order valence-electron chi connectivity index (χ0n) is 18.9. The molecule has 2 aromatic rings. The molecule has 0 saturated carbocycles. The van der Waals surface area contributed by atoms with Crippen LogP contribution in [0.4, 0.5) is 5.69 Å². The molecule has 174 valence electrons. The van der Waals surface area contributed by atoms with E-state index in [-0.39, 0.29) is 18.1 Å². The van der Waals surface area contributed by atoms with Gasteiger partial charge in [0.1, 0.15) is 18.3 Å². The van der Waals surface area contributed by atoms with Crippen molar-refractivity contribution in [3.8, 4) is 5.75 Å². The van der Waals surface area contributed by atoms with Crippen LogP contribution >= 0.6 is 0 Å². The van der Waals surface area contributed by atoms with Crippen LogP contribution in [0.5, 0.6) is 5.75 Å². The van der Waals surface area contributed by atoms with Crippen LogP contribution in [0.15, 0.2) is 54.6 Å². The number of carbonyl (C=O) groups is 2. The standard InChI is InChI=1S/C23H31N3O5S/c1-5-19(23(28)24-3)25(16-18-12-8-7-9-13-18)22(27)17-26(32(4,29)30)20-14-10-11-15-21(20)31-6-2/h7-15,19H,5-6,16-17H2,1-4H3,(H,24,28)/t19-/m0/s1. The third kappa shape index (κ3) is 6.46. The molecule has 1 N–H and O–H groups in total. The van der Waals surface area contributed by atoms with Crippen molar-refractivity contribution in [2.45, 2.75) is 32.9 Å². The SMILES string of the molecule is CCOc1ccccc1N(CC(=O)N(Cc1ccccc1)[C@@H](CC)C(=O)NC)S(C)(=O)=O. The minimum atomic E-state index is -3.81. The maximum absolute atomic E-state index is 13.5. The third-order valence-corrected chi connectivity index (χ3v) is 6.07. The molecule has 0 heterocycles. The highest BCUT2D eigenvalue weighted by atomic mass is 32.2. The molecule has 8 nitrogen and oxygen atoms in total. The number of likely N-dealkylation sites (N-methyl/N-ethyl adjacent to an activating group) is 1. The lowest BCUT2D eigenvalue weighted by atomic mass is 10.1. The molecule has 0 aliphatic carbocycles. The van der Waals surface area contributed by atoms with Gasteiger partial charge < -0.3 is 15.0 Å². The molecule has 32 heavy (non-hydrogen) atoms. The molecule has 0 spiro atoms. The van der Waals surface area contributed by atoms with Gasteiger partial charge in [0.15, 0.2) is 0 Å². The summed E-state index contributed by atoms with van der Waals surface area (Å²) in [6, 6.07) is 15.2. The summed E-state index contributed by atoms with van der Waals surface area (Å²) in [4.78, 5) is 27.4. The Kier molecular flexibility index (Phi) is 9.07. The predicted octanol–water partition coefficient (Wildman–Crippen LogP) is 2.40. The number of rotatable bonds is 11. The Morgan fingerprint density at radius 3 is 2.22 bits per heavy atom. The number of ether oxygens (including phenoxy) is 1. The van der Waals surface area contributed by atoms with Crippen molar-refractivity contribution in [2.75, 3.05) is 30.8 Å². The fourth-order valence-corrected chi connectivity index (χ4v) is 4.25. The Bertz CT molecular complexity index is 1010. The predicted molar refractivity (Wildman–Crippen MR) is 125 cm³/mol. The van der Waals surface area contributed by atoms with E-state index in [0.29, 0.717) is 18.8 Å². The Labute approximate surface area is 190 Å². The Hall–Kier alpha value is -3.07. The molecule has 0 aliphatic rings. The largest absolute Gasteiger partial charge is 0.492 e. The van der Waals surface area contributed by atoms with Gasteiger partial charge >= 0.3 is 0 Å². The van der Waals surface area contributed by atoms with Gasteiger partial charge in [-0.1, -0.05) is 49.4 Å². The minimum absolute atomic E-state index is 0.177. The third-order valence-electron chi connectivity index (χ3n) is 4.94. The van der Waals surface area contributed by atoms with Gasteiger partial charge in [0.25, 0.3) is 0 Å². The molecule has 0 fully saturated rings. The van der Waals surface area contributed by atoms with Gasteiger partial charge in [-0.3, -0.25) is 13.9 Å². The average molecular weight is 462 g/mol. The maximum Gasteiger partial charge on any atom is 0.244 e. The zero-order chi connectivity index (χ0) is 23.7. The molecule has 0 unspecified atom stereocenters. The molecule has 2 aromatic carbocycles. The second kappa shape index (κ2) is 11.5. The zero-order valence-corrected chi connectivity index (χ0v) is 19.8. The van der Waals surface area contributed by atoms with Crippen LogP contribution in [0.1, 0.15) is 25.8 Å². The Morgan fingerprint density at radius 2 is 1.66 bits per heavy atom. The summed E-state index contributed by atoms with van der Waals surface area (Å²) >= 11 is 0. The summed E-state index contributed by atoms with van der Waals surface area (Å²) in [5.41, 5.74) is 1.11. The summed E-state index contributed by atoms with van der Waals surface area (Å²) < 4.78 is 31.9. The molecule has 0 radical (unpaired) electrons. The summed E-state index contributed by atoms with van der Waals surface area (Å²) in [5, 5.41) is 2.59. The Morgan fingerprint density at radius 1 is 1.03 bits per heavy atom. The van der Waals surface area contributed by atoms with Crippen LogP contribution in [0.3, 0.4) is 0 Å². The molecule has 1 atom stereocenters. The molecule has 0 saturated heterocycles. The van der Waals surface area contributed by atoms with E-state index in [4.69, 9.17) is 4.74 Å². The van der Waals surface area contributed by atoms with E-state index in [1.165, 1.54) is 11.9 Å². The summed E-state index contributed by atoms with van der Waals surface area (Å²) in [5.74, 6) is -0.431. The first-order valence-electron chi connectivity index (χ1n) is 10.5. The van der Waals surface area contributed by atoms with Gasteiger partial charge in [-0.15, -0.1) is 0 Å². The van der Waals surface area contributed by atoms with Crippen molar-refractivity contribution in [1.29, 1.82) is 0 Å². The normalized spacial score (nSPS) is 12.0. The highest BCUT2D eigenvalue weighted by Crippen LogP contribution is 2.30. The lowest BCUT2D eigenvalue weighted by molar-refractivity contribution is -0.140. The number of hydrogen-bond donors (Lipinski definition) is 1. The first-order chi connectivity index (χ1) is 15.2. The number of carbonyl (C=O) groups excluding carboxylic acids is 2. The highest BCUT2D eigenvalue weighted by Gasteiger charge is 2.32. The van der Waals surface area contributed by atoms with Gasteiger partial charge in [0.05, 0.1) is 18.6 Å². The second-order valence-electron chi connectivity index (χ2n) is 7.22. The van der Waals surface area contributed by atoms with Crippen LogP contribution in [0.2, 0.25) is 0 Å².